The van der Waals surface area contributed by atoms with Gasteiger partial charge < -0.3 is 10.1 Å². The molecule has 2 aromatic rings. The van der Waals surface area contributed by atoms with Crippen molar-refractivity contribution in [2.45, 2.75) is 33.4 Å². The Bertz CT molecular complexity index is 511. The minimum atomic E-state index is 0. The first-order chi connectivity index (χ1) is 10.2. The van der Waals surface area contributed by atoms with Crippen LogP contribution in [0.2, 0.25) is 0 Å². The molecule has 0 unspecified atom stereocenters. The van der Waals surface area contributed by atoms with E-state index in [1.807, 2.05) is 30.3 Å². The predicted octanol–water partition coefficient (Wildman–Crippen LogP) is 4.82. The zero-order valence-corrected chi connectivity index (χ0v) is 14.2. The topological polar surface area (TPSA) is 21.3 Å². The Morgan fingerprint density at radius 1 is 0.909 bits per heavy atom. The highest BCUT2D eigenvalue weighted by Gasteiger charge is 1.98. The van der Waals surface area contributed by atoms with Crippen LogP contribution in [0, 0.1) is 5.92 Å². The first kappa shape index (κ1) is 18.5. The minimum Gasteiger partial charge on any atom is -0.489 e. The van der Waals surface area contributed by atoms with Crippen molar-refractivity contribution in [1.29, 1.82) is 0 Å². The van der Waals surface area contributed by atoms with Gasteiger partial charge in [0.2, 0.25) is 0 Å². The molecule has 22 heavy (non-hydrogen) atoms. The standard InChI is InChI=1S/C19H25NO.ClH/c1-16(2)12-13-20-14-17-8-10-19(11-9-17)21-15-18-6-4-3-5-7-18;/h3-11,16,20H,12-15H2,1-2H3;1H. The second-order valence-electron chi connectivity index (χ2n) is 5.78. The molecule has 0 spiro atoms. The fourth-order valence-electron chi connectivity index (χ4n) is 2.07. The van der Waals surface area contributed by atoms with E-state index in [4.69, 9.17) is 4.74 Å². The molecule has 2 rings (SSSR count). The smallest absolute Gasteiger partial charge is 0.119 e. The van der Waals surface area contributed by atoms with Crippen LogP contribution >= 0.6 is 12.4 Å². The van der Waals surface area contributed by atoms with Gasteiger partial charge in [-0.3, -0.25) is 0 Å². The van der Waals surface area contributed by atoms with Crippen molar-refractivity contribution in [3.8, 4) is 5.75 Å². The molecule has 120 valence electrons. The van der Waals surface area contributed by atoms with Crippen molar-refractivity contribution in [1.82, 2.24) is 5.32 Å². The molecule has 0 aromatic heterocycles. The lowest BCUT2D eigenvalue weighted by Gasteiger charge is -2.09. The molecule has 0 bridgehead atoms. The summed E-state index contributed by atoms with van der Waals surface area (Å²) in [4.78, 5) is 0. The summed E-state index contributed by atoms with van der Waals surface area (Å²) in [5.74, 6) is 1.68. The predicted molar refractivity (Wildman–Crippen MR) is 95.6 cm³/mol. The third-order valence-electron chi connectivity index (χ3n) is 3.40. The van der Waals surface area contributed by atoms with Gasteiger partial charge in [-0.15, -0.1) is 12.4 Å². The van der Waals surface area contributed by atoms with Crippen LogP contribution in [0.25, 0.3) is 0 Å². The highest BCUT2D eigenvalue weighted by molar-refractivity contribution is 5.85. The molecule has 2 aromatic carbocycles. The Labute approximate surface area is 140 Å². The number of rotatable bonds is 8. The van der Waals surface area contributed by atoms with Gasteiger partial charge in [-0.25, -0.2) is 0 Å². The number of nitrogens with one attached hydrogen (secondary N) is 1. The molecular weight excluding hydrogens is 294 g/mol. The van der Waals surface area contributed by atoms with E-state index in [0.717, 1.165) is 24.8 Å². The highest BCUT2D eigenvalue weighted by Crippen LogP contribution is 2.14. The maximum absolute atomic E-state index is 5.78. The van der Waals surface area contributed by atoms with E-state index >= 15 is 0 Å². The molecule has 0 aliphatic heterocycles. The zero-order chi connectivity index (χ0) is 14.9. The molecule has 1 N–H and O–H groups in total. The first-order valence-corrected chi connectivity index (χ1v) is 7.70. The number of hydrogen-bond acceptors (Lipinski definition) is 2. The van der Waals surface area contributed by atoms with Gasteiger partial charge in [-0.2, -0.15) is 0 Å². The SMILES string of the molecule is CC(C)CCNCc1ccc(OCc2ccccc2)cc1.Cl. The lowest BCUT2D eigenvalue weighted by Crippen LogP contribution is -2.16. The summed E-state index contributed by atoms with van der Waals surface area (Å²) in [6.07, 6.45) is 1.22. The van der Waals surface area contributed by atoms with Crippen LogP contribution in [0.3, 0.4) is 0 Å². The zero-order valence-electron chi connectivity index (χ0n) is 13.4. The lowest BCUT2D eigenvalue weighted by molar-refractivity contribution is 0.306. The van der Waals surface area contributed by atoms with Crippen LogP contribution < -0.4 is 10.1 Å². The minimum absolute atomic E-state index is 0. The van der Waals surface area contributed by atoms with Crippen LogP contribution in [0.5, 0.6) is 5.75 Å². The van der Waals surface area contributed by atoms with Gasteiger partial charge in [0.25, 0.3) is 0 Å². The Morgan fingerprint density at radius 2 is 1.59 bits per heavy atom. The van der Waals surface area contributed by atoms with Crippen LogP contribution in [-0.4, -0.2) is 6.54 Å². The van der Waals surface area contributed by atoms with Gasteiger partial charge in [0, 0.05) is 6.54 Å². The lowest BCUT2D eigenvalue weighted by atomic mass is 10.1. The van der Waals surface area contributed by atoms with E-state index in [1.54, 1.807) is 0 Å². The Hall–Kier alpha value is -1.51. The monoisotopic (exact) mass is 319 g/mol. The average molecular weight is 320 g/mol. The Kier molecular flexibility index (Phi) is 8.64. The maximum Gasteiger partial charge on any atom is 0.119 e. The number of halogens is 1. The molecule has 0 aliphatic carbocycles. The number of ether oxygens (including phenoxy) is 1. The van der Waals surface area contributed by atoms with E-state index < -0.39 is 0 Å². The molecule has 0 radical (unpaired) electrons. The molecule has 0 amide bonds. The summed E-state index contributed by atoms with van der Waals surface area (Å²) in [7, 11) is 0. The van der Waals surface area contributed by atoms with E-state index in [2.05, 4.69) is 43.4 Å². The molecule has 0 heterocycles. The maximum atomic E-state index is 5.78. The van der Waals surface area contributed by atoms with Crippen LogP contribution in [0.1, 0.15) is 31.4 Å². The Balaban J connectivity index is 0.00000242. The van der Waals surface area contributed by atoms with Crippen molar-refractivity contribution in [3.05, 3.63) is 65.7 Å². The molecule has 0 aliphatic rings. The van der Waals surface area contributed by atoms with Gasteiger partial charge in [0.15, 0.2) is 0 Å². The van der Waals surface area contributed by atoms with E-state index in [1.165, 1.54) is 17.5 Å². The fourth-order valence-corrected chi connectivity index (χ4v) is 2.07. The Morgan fingerprint density at radius 3 is 2.23 bits per heavy atom. The molecule has 0 saturated heterocycles. The van der Waals surface area contributed by atoms with Gasteiger partial charge in [-0.05, 0) is 42.1 Å². The van der Waals surface area contributed by atoms with Gasteiger partial charge in [0.1, 0.15) is 12.4 Å². The van der Waals surface area contributed by atoms with Crippen molar-refractivity contribution in [3.63, 3.8) is 0 Å². The largest absolute Gasteiger partial charge is 0.489 e. The molecule has 0 saturated carbocycles. The summed E-state index contributed by atoms with van der Waals surface area (Å²) >= 11 is 0. The molecular formula is C19H26ClNO. The van der Waals surface area contributed by atoms with Crippen molar-refractivity contribution < 1.29 is 4.74 Å². The summed E-state index contributed by atoms with van der Waals surface area (Å²) in [6.45, 7) is 7.11. The highest BCUT2D eigenvalue weighted by atomic mass is 35.5. The van der Waals surface area contributed by atoms with Gasteiger partial charge >= 0.3 is 0 Å². The van der Waals surface area contributed by atoms with Crippen molar-refractivity contribution in [2.24, 2.45) is 5.92 Å². The van der Waals surface area contributed by atoms with Crippen molar-refractivity contribution in [2.75, 3.05) is 6.54 Å². The summed E-state index contributed by atoms with van der Waals surface area (Å²) in [6, 6.07) is 18.6. The molecule has 0 fully saturated rings. The second-order valence-corrected chi connectivity index (χ2v) is 5.78. The normalized spacial score (nSPS) is 10.3. The van der Waals surface area contributed by atoms with Crippen molar-refractivity contribution >= 4 is 12.4 Å². The third kappa shape index (κ3) is 6.97. The summed E-state index contributed by atoms with van der Waals surface area (Å²) < 4.78 is 5.78. The van der Waals surface area contributed by atoms with E-state index in [0.29, 0.717) is 6.61 Å². The second kappa shape index (κ2) is 10.3. The average Bonchev–Trinajstić information content (AvgIpc) is 2.51. The summed E-state index contributed by atoms with van der Waals surface area (Å²) in [5.41, 5.74) is 2.49. The van der Waals surface area contributed by atoms with Gasteiger partial charge in [-0.1, -0.05) is 56.3 Å². The third-order valence-corrected chi connectivity index (χ3v) is 3.40. The van der Waals surface area contributed by atoms with E-state index in [-0.39, 0.29) is 12.4 Å². The quantitative estimate of drug-likeness (QED) is 0.704. The fraction of sp³-hybridized carbons (Fsp3) is 0.368. The van der Waals surface area contributed by atoms with Crippen LogP contribution in [-0.2, 0) is 13.2 Å². The summed E-state index contributed by atoms with van der Waals surface area (Å²) in [5, 5.41) is 3.47. The molecule has 0 atom stereocenters. The first-order valence-electron chi connectivity index (χ1n) is 7.70. The van der Waals surface area contributed by atoms with E-state index in [9.17, 15) is 0 Å². The van der Waals surface area contributed by atoms with Gasteiger partial charge in [0.05, 0.1) is 0 Å². The number of benzene rings is 2. The molecule has 2 nitrogen and oxygen atoms in total. The molecule has 3 heteroatoms. The number of hydrogen-bond donors (Lipinski definition) is 1. The van der Waals surface area contributed by atoms with Crippen LogP contribution in [0.15, 0.2) is 54.6 Å². The van der Waals surface area contributed by atoms with Crippen LogP contribution in [0.4, 0.5) is 0 Å².